The molecule has 0 aromatic carbocycles. The van der Waals surface area contributed by atoms with Gasteiger partial charge in [-0.2, -0.15) is 0 Å². The molecule has 34 heavy (non-hydrogen) atoms. The number of hydrogen-bond acceptors (Lipinski definition) is 6. The van der Waals surface area contributed by atoms with Crippen molar-refractivity contribution in [1.82, 2.24) is 30.1 Å². The highest BCUT2D eigenvalue weighted by Crippen LogP contribution is 2.19. The van der Waals surface area contributed by atoms with Crippen LogP contribution in [-0.4, -0.2) is 30.1 Å². The fourth-order valence-electron chi connectivity index (χ4n) is 4.35. The Balaban J connectivity index is 1.55. The van der Waals surface area contributed by atoms with Crippen LogP contribution >= 0.6 is 0 Å². The maximum Gasteiger partial charge on any atom is 0.132 e. The molecule has 0 spiro atoms. The molecule has 2 aliphatic carbocycles. The van der Waals surface area contributed by atoms with E-state index in [1.54, 1.807) is 12.4 Å². The summed E-state index contributed by atoms with van der Waals surface area (Å²) in [6, 6.07) is 11.7. The van der Waals surface area contributed by atoms with Crippen molar-refractivity contribution in [3.05, 3.63) is 102 Å². The van der Waals surface area contributed by atoms with Gasteiger partial charge < -0.3 is 21.4 Å². The minimum atomic E-state index is 0.548. The van der Waals surface area contributed by atoms with E-state index in [9.17, 15) is 0 Å². The number of nitrogens with two attached hydrogens (primary N) is 2. The number of nitrogen functional groups attached to an aromatic ring is 2. The number of nitrogens with zero attached hydrogens (tertiary/aromatic N) is 4. The highest BCUT2D eigenvalue weighted by atomic mass is 15.1. The fraction of sp³-hybridized carbons (Fsp3) is 0. The summed E-state index contributed by atoms with van der Waals surface area (Å²) in [6.45, 7) is 8.23. The largest absolute Gasteiger partial charge is 0.385 e. The van der Waals surface area contributed by atoms with Gasteiger partial charge in [0.05, 0.1) is 28.8 Å². The van der Waals surface area contributed by atoms with E-state index in [1.165, 1.54) is 0 Å². The summed E-state index contributed by atoms with van der Waals surface area (Å²) in [7, 11) is 0. The minimum Gasteiger partial charge on any atom is -0.385 e. The normalized spacial score (nSPS) is 12.9. The average Bonchev–Trinajstić information content (AvgIpc) is 3.43. The molecule has 0 saturated heterocycles. The SMILES string of the molecule is C=c1ccc2cc(N)[nH]/c(=C/c3cnc4c(/C=c5/[nH]c(N)cc6ccc(=C)c5=6)nnc-4cn3)c1=2. The number of aromatic amines is 2. The molecule has 8 heteroatoms. The van der Waals surface area contributed by atoms with Crippen molar-refractivity contribution in [2.24, 2.45) is 0 Å². The number of hydrogen-bond donors (Lipinski definition) is 4. The van der Waals surface area contributed by atoms with Gasteiger partial charge in [-0.3, -0.25) is 4.98 Å². The molecule has 6 rings (SSSR count). The molecule has 6 N–H and O–H groups in total. The van der Waals surface area contributed by atoms with Crippen molar-refractivity contribution in [3.63, 3.8) is 0 Å². The van der Waals surface area contributed by atoms with Crippen molar-refractivity contribution >= 4 is 36.9 Å². The third-order valence-electron chi connectivity index (χ3n) is 5.85. The summed E-state index contributed by atoms with van der Waals surface area (Å²) in [5.74, 6) is 1.10. The second-order valence-corrected chi connectivity index (χ2v) is 8.20. The number of anilines is 2. The summed E-state index contributed by atoms with van der Waals surface area (Å²) in [4.78, 5) is 15.6. The number of aromatic nitrogens is 6. The van der Waals surface area contributed by atoms with E-state index < -0.39 is 0 Å². The molecule has 0 radical (unpaired) electrons. The van der Waals surface area contributed by atoms with Gasteiger partial charge >= 0.3 is 0 Å². The Labute approximate surface area is 192 Å². The van der Waals surface area contributed by atoms with Crippen LogP contribution < -0.4 is 32.6 Å². The zero-order valence-corrected chi connectivity index (χ0v) is 18.1. The Morgan fingerprint density at radius 1 is 0.735 bits per heavy atom. The van der Waals surface area contributed by atoms with Crippen LogP contribution in [0.1, 0.15) is 11.4 Å². The summed E-state index contributed by atoms with van der Waals surface area (Å²) >= 11 is 0. The van der Waals surface area contributed by atoms with Gasteiger partial charge in [0.2, 0.25) is 0 Å². The van der Waals surface area contributed by atoms with E-state index in [4.69, 9.17) is 11.5 Å². The maximum absolute atomic E-state index is 6.06. The Hall–Kier alpha value is -4.98. The highest BCUT2D eigenvalue weighted by Gasteiger charge is 2.13. The summed E-state index contributed by atoms with van der Waals surface area (Å²) in [6.07, 6.45) is 7.12. The smallest absolute Gasteiger partial charge is 0.132 e. The van der Waals surface area contributed by atoms with Crippen LogP contribution in [0.4, 0.5) is 11.6 Å². The highest BCUT2D eigenvalue weighted by molar-refractivity contribution is 5.67. The quantitative estimate of drug-likeness (QED) is 0.300. The molecule has 0 unspecified atom stereocenters. The molecular formula is C26H20N8. The molecular weight excluding hydrogens is 424 g/mol. The standard InChI is InChI=1S/C26H20N8/c1-13-3-5-15-7-22(27)31-18(24(13)15)9-17-11-30-26-20(33-34-21(26)12-29-17)10-19-25-14(2)4-6-16(25)8-23(28)32-19/h3-12,31-32H,1-2,27-28H2/b18-9+,19-10+. The number of H-pyrrole nitrogens is 2. The van der Waals surface area contributed by atoms with Gasteiger partial charge in [0, 0.05) is 10.4 Å². The molecule has 0 bridgehead atoms. The van der Waals surface area contributed by atoms with Crippen LogP contribution in [-0.2, 0) is 0 Å². The second kappa shape index (κ2) is 7.28. The molecule has 6 aliphatic rings. The first-order valence-corrected chi connectivity index (χ1v) is 10.6. The molecule has 4 heterocycles. The fourth-order valence-corrected chi connectivity index (χ4v) is 4.35. The van der Waals surface area contributed by atoms with Crippen molar-refractivity contribution < 1.29 is 0 Å². The molecule has 0 saturated carbocycles. The number of fused-ring (bicyclic) bond motifs is 1. The number of rotatable bonds is 2. The monoisotopic (exact) mass is 444 g/mol. The van der Waals surface area contributed by atoms with E-state index in [1.807, 2.05) is 48.6 Å². The Morgan fingerprint density at radius 2 is 1.35 bits per heavy atom. The van der Waals surface area contributed by atoms with Gasteiger partial charge in [-0.1, -0.05) is 37.4 Å². The van der Waals surface area contributed by atoms with Gasteiger partial charge in [0.15, 0.2) is 0 Å². The predicted octanol–water partition coefficient (Wildman–Crippen LogP) is 0.120. The molecule has 0 atom stereocenters. The van der Waals surface area contributed by atoms with Gasteiger partial charge in [-0.15, -0.1) is 10.2 Å². The topological polar surface area (TPSA) is 135 Å². The lowest BCUT2D eigenvalue weighted by Crippen LogP contribution is -2.17. The Bertz CT molecular complexity index is 2040. The van der Waals surface area contributed by atoms with E-state index in [0.29, 0.717) is 34.4 Å². The van der Waals surface area contributed by atoms with Gasteiger partial charge in [0.25, 0.3) is 0 Å². The molecule has 0 fully saturated rings. The Kier molecular flexibility index (Phi) is 4.21. The molecule has 0 amide bonds. The van der Waals surface area contributed by atoms with Crippen LogP contribution in [0.25, 0.3) is 36.7 Å². The third kappa shape index (κ3) is 3.17. The minimum absolute atomic E-state index is 0.548. The van der Waals surface area contributed by atoms with E-state index in [0.717, 1.165) is 42.0 Å². The summed E-state index contributed by atoms with van der Waals surface area (Å²) in [5.41, 5.74) is 14.6. The lowest BCUT2D eigenvalue weighted by molar-refractivity contribution is 1.08. The van der Waals surface area contributed by atoms with E-state index in [-0.39, 0.29) is 0 Å². The first-order valence-electron chi connectivity index (χ1n) is 10.6. The van der Waals surface area contributed by atoms with Gasteiger partial charge in [0.1, 0.15) is 28.7 Å². The van der Waals surface area contributed by atoms with Crippen LogP contribution in [0, 0.1) is 20.9 Å². The van der Waals surface area contributed by atoms with Gasteiger partial charge in [-0.05, 0) is 45.2 Å². The average molecular weight is 445 g/mol. The number of nitrogens with one attached hydrogen (secondary N) is 2. The summed E-state index contributed by atoms with van der Waals surface area (Å²) < 4.78 is 0. The first kappa shape index (κ1) is 19.7. The zero-order chi connectivity index (χ0) is 23.4. The van der Waals surface area contributed by atoms with Crippen LogP contribution in [0.3, 0.4) is 0 Å². The van der Waals surface area contributed by atoms with E-state index in [2.05, 4.69) is 43.3 Å². The zero-order valence-electron chi connectivity index (χ0n) is 18.1. The summed E-state index contributed by atoms with van der Waals surface area (Å²) in [5, 5.41) is 16.0. The second-order valence-electron chi connectivity index (χ2n) is 8.20. The van der Waals surface area contributed by atoms with Crippen LogP contribution in [0.5, 0.6) is 0 Å². The molecule has 0 aromatic heterocycles. The molecule has 8 nitrogen and oxygen atoms in total. The van der Waals surface area contributed by atoms with Crippen molar-refractivity contribution in [3.8, 4) is 11.4 Å². The lowest BCUT2D eigenvalue weighted by Gasteiger charge is -1.96. The maximum atomic E-state index is 6.06. The van der Waals surface area contributed by atoms with Crippen molar-refractivity contribution in [2.75, 3.05) is 11.5 Å². The van der Waals surface area contributed by atoms with Crippen LogP contribution in [0.15, 0.2) is 48.8 Å². The lowest BCUT2D eigenvalue weighted by atomic mass is 10.2. The van der Waals surface area contributed by atoms with Gasteiger partial charge in [-0.25, -0.2) is 4.98 Å². The first-order chi connectivity index (χ1) is 16.5. The predicted molar refractivity (Wildman–Crippen MR) is 132 cm³/mol. The molecule has 164 valence electrons. The van der Waals surface area contributed by atoms with E-state index >= 15 is 0 Å². The van der Waals surface area contributed by atoms with Crippen molar-refractivity contribution in [1.29, 1.82) is 0 Å². The third-order valence-corrected chi connectivity index (χ3v) is 5.85. The Morgan fingerprint density at radius 3 is 2.00 bits per heavy atom. The van der Waals surface area contributed by atoms with Crippen molar-refractivity contribution in [2.45, 2.75) is 0 Å². The molecule has 0 aromatic rings. The molecule has 4 aliphatic heterocycles. The van der Waals surface area contributed by atoms with Crippen LogP contribution in [0.2, 0.25) is 0 Å².